The number of halogens is 8. The lowest BCUT2D eigenvalue weighted by atomic mass is 10.0. The van der Waals surface area contributed by atoms with E-state index in [2.05, 4.69) is 188 Å². The molecule has 0 fully saturated rings. The van der Waals surface area contributed by atoms with Crippen LogP contribution in [0.4, 0.5) is 0 Å². The number of rotatable bonds is 17. The molecule has 2 aromatic carbocycles. The van der Waals surface area contributed by atoms with Crippen molar-refractivity contribution in [3.05, 3.63) is 71.8 Å². The van der Waals surface area contributed by atoms with Crippen molar-refractivity contribution in [2.45, 2.75) is 90.0 Å². The lowest BCUT2D eigenvalue weighted by Gasteiger charge is -2.24. The van der Waals surface area contributed by atoms with Crippen LogP contribution in [-0.4, -0.2) is 38.6 Å². The second-order valence-electron chi connectivity index (χ2n) is 9.24. The van der Waals surface area contributed by atoms with E-state index in [9.17, 15) is 0 Å². The van der Waals surface area contributed by atoms with Gasteiger partial charge in [0.15, 0.2) is 0 Å². The van der Waals surface area contributed by atoms with Gasteiger partial charge in [0.2, 0.25) is 0 Å². The Morgan fingerprint density at radius 1 is 0.333 bits per heavy atom. The van der Waals surface area contributed by atoms with Gasteiger partial charge in [0, 0.05) is 38.6 Å². The maximum Gasteiger partial charge on any atom is 0.0311 e. The Kier molecular flexibility index (Phi) is 18.6. The van der Waals surface area contributed by atoms with E-state index in [-0.39, 0.29) is 0 Å². The van der Waals surface area contributed by atoms with E-state index in [4.69, 9.17) is 0 Å². The molecule has 0 spiro atoms. The van der Waals surface area contributed by atoms with E-state index in [1.54, 1.807) is 0 Å². The van der Waals surface area contributed by atoms with Crippen LogP contribution >= 0.6 is 127 Å². The maximum atomic E-state index is 3.95. The van der Waals surface area contributed by atoms with E-state index in [1.165, 1.54) is 11.1 Å². The Balaban J connectivity index is 1.63. The van der Waals surface area contributed by atoms with E-state index in [1.807, 2.05) is 0 Å². The lowest BCUT2D eigenvalue weighted by Crippen LogP contribution is -2.23. The molecule has 0 aromatic heterocycles. The average molecular weight is 1010 g/mol. The Hall–Kier alpha value is 2.28. The number of hydrogen-bond donors (Lipinski definition) is 0. The molecule has 202 valence electrons. The third-order valence-corrected chi connectivity index (χ3v) is 17.6. The largest absolute Gasteiger partial charge is 0.0879 e. The van der Waals surface area contributed by atoms with E-state index >= 15 is 0 Å². The minimum atomic E-state index is 0.430. The molecule has 8 heteroatoms. The highest BCUT2D eigenvalue weighted by Gasteiger charge is 2.24. The second kappa shape index (κ2) is 19.4. The van der Waals surface area contributed by atoms with Gasteiger partial charge in [0.25, 0.3) is 0 Å². The van der Waals surface area contributed by atoms with Crippen LogP contribution < -0.4 is 0 Å². The molecule has 0 aliphatic rings. The molecule has 0 nitrogen and oxygen atoms in total. The molecule has 36 heavy (non-hydrogen) atoms. The van der Waals surface area contributed by atoms with Crippen LogP contribution in [0.3, 0.4) is 0 Å². The van der Waals surface area contributed by atoms with Gasteiger partial charge in [0.1, 0.15) is 0 Å². The summed E-state index contributed by atoms with van der Waals surface area (Å²) in [6.45, 7) is 0. The van der Waals surface area contributed by atoms with E-state index in [0.717, 1.165) is 51.4 Å². The number of benzene rings is 2. The molecule has 8 atom stereocenters. The van der Waals surface area contributed by atoms with Crippen molar-refractivity contribution in [2.75, 3.05) is 0 Å². The third-order valence-electron chi connectivity index (χ3n) is 6.27. The molecule has 0 heterocycles. The zero-order valence-electron chi connectivity index (χ0n) is 20.1. The first-order valence-electron chi connectivity index (χ1n) is 12.4. The van der Waals surface area contributed by atoms with E-state index < -0.39 is 0 Å². The molecule has 0 saturated heterocycles. The van der Waals surface area contributed by atoms with Gasteiger partial charge in [-0.2, -0.15) is 0 Å². The first kappa shape index (κ1) is 34.5. The van der Waals surface area contributed by atoms with Gasteiger partial charge in [-0.3, -0.25) is 0 Å². The summed E-state index contributed by atoms with van der Waals surface area (Å²) in [5.74, 6) is 0. The fourth-order valence-corrected chi connectivity index (χ4v) is 8.27. The fraction of sp³-hybridized carbons (Fsp3) is 0.571. The smallest absolute Gasteiger partial charge is 0.0311 e. The van der Waals surface area contributed by atoms with Crippen molar-refractivity contribution in [3.63, 3.8) is 0 Å². The summed E-state index contributed by atoms with van der Waals surface area (Å²) in [5, 5.41) is 0. The SMILES string of the molecule is BrC(CCC(Br)C(Br)CCC(Br)C(Br)Cc1ccccc1)C(Br)CCC(Br)C(Br)Cc1ccccc1. The van der Waals surface area contributed by atoms with Crippen LogP contribution in [0.5, 0.6) is 0 Å². The molecule has 0 aliphatic carbocycles. The van der Waals surface area contributed by atoms with Crippen molar-refractivity contribution < 1.29 is 0 Å². The van der Waals surface area contributed by atoms with Crippen LogP contribution in [0, 0.1) is 0 Å². The van der Waals surface area contributed by atoms with Gasteiger partial charge in [-0.25, -0.2) is 0 Å². The average Bonchev–Trinajstić information content (AvgIpc) is 2.89. The van der Waals surface area contributed by atoms with Crippen molar-refractivity contribution in [1.82, 2.24) is 0 Å². The van der Waals surface area contributed by atoms with Gasteiger partial charge in [-0.15, -0.1) is 0 Å². The first-order chi connectivity index (χ1) is 17.2. The van der Waals surface area contributed by atoms with Crippen LogP contribution in [-0.2, 0) is 12.8 Å². The van der Waals surface area contributed by atoms with Crippen LogP contribution in [0.15, 0.2) is 60.7 Å². The molecule has 0 N–H and O–H groups in total. The topological polar surface area (TPSA) is 0 Å². The molecule has 0 bridgehead atoms. The minimum absolute atomic E-state index is 0.430. The fourth-order valence-electron chi connectivity index (χ4n) is 3.97. The molecule has 0 amide bonds. The number of alkyl halides is 8. The highest BCUT2D eigenvalue weighted by molar-refractivity contribution is 9.13. The summed E-state index contributed by atoms with van der Waals surface area (Å²) >= 11 is 31.4. The molecular formula is C28H34Br8. The predicted octanol–water partition coefficient (Wildman–Crippen LogP) is 11.9. The maximum absolute atomic E-state index is 3.95. The van der Waals surface area contributed by atoms with Crippen molar-refractivity contribution in [1.29, 1.82) is 0 Å². The Bertz CT molecular complexity index is 751. The van der Waals surface area contributed by atoms with Crippen molar-refractivity contribution in [2.24, 2.45) is 0 Å². The summed E-state index contributed by atoms with van der Waals surface area (Å²) < 4.78 is 0. The zero-order valence-corrected chi connectivity index (χ0v) is 32.8. The Morgan fingerprint density at radius 2 is 0.556 bits per heavy atom. The number of hydrogen-bond acceptors (Lipinski definition) is 0. The molecular weight excluding hydrogens is 976 g/mol. The normalized spacial score (nSPS) is 18.6. The van der Waals surface area contributed by atoms with Crippen molar-refractivity contribution in [3.8, 4) is 0 Å². The van der Waals surface area contributed by atoms with Gasteiger partial charge < -0.3 is 0 Å². The van der Waals surface area contributed by atoms with Gasteiger partial charge in [-0.05, 0) is 62.5 Å². The Labute approximate surface area is 285 Å². The lowest BCUT2D eigenvalue weighted by molar-refractivity contribution is 0.586. The quantitative estimate of drug-likeness (QED) is 0.139. The minimum Gasteiger partial charge on any atom is -0.0879 e. The Morgan fingerprint density at radius 3 is 0.806 bits per heavy atom. The van der Waals surface area contributed by atoms with Gasteiger partial charge >= 0.3 is 0 Å². The van der Waals surface area contributed by atoms with Crippen molar-refractivity contribution >= 4 is 127 Å². The van der Waals surface area contributed by atoms with Crippen LogP contribution in [0.25, 0.3) is 0 Å². The molecule has 8 unspecified atom stereocenters. The summed E-state index contributed by atoms with van der Waals surface area (Å²) in [7, 11) is 0. The standard InChI is InChI=1S/C28H34Br8/c29-21(23(31)13-15-25(33)27(35)17-19-7-3-1-4-8-19)11-12-22(30)24(32)14-16-26(34)28(36)18-20-9-5-2-6-10-20/h1-10,21-28H,11-18H2. The van der Waals surface area contributed by atoms with E-state index in [0.29, 0.717) is 38.6 Å². The van der Waals surface area contributed by atoms with Gasteiger partial charge in [-0.1, -0.05) is 188 Å². The summed E-state index contributed by atoms with van der Waals surface area (Å²) in [4.78, 5) is 3.60. The van der Waals surface area contributed by atoms with Crippen LogP contribution in [0.2, 0.25) is 0 Å². The monoisotopic (exact) mass is 1000 g/mol. The molecule has 0 radical (unpaired) electrons. The van der Waals surface area contributed by atoms with Gasteiger partial charge in [0.05, 0.1) is 0 Å². The highest BCUT2D eigenvalue weighted by Crippen LogP contribution is 2.33. The summed E-state index contributed by atoms with van der Waals surface area (Å²) in [5.41, 5.74) is 2.75. The molecule has 2 aromatic rings. The summed E-state index contributed by atoms with van der Waals surface area (Å²) in [6, 6.07) is 21.4. The van der Waals surface area contributed by atoms with Crippen LogP contribution in [0.1, 0.15) is 49.7 Å². The predicted molar refractivity (Wildman–Crippen MR) is 190 cm³/mol. The second-order valence-corrected chi connectivity index (χ2v) is 18.6. The molecule has 2 rings (SSSR count). The molecule has 0 saturated carbocycles. The third kappa shape index (κ3) is 13.8. The zero-order chi connectivity index (χ0) is 26.5. The summed E-state index contributed by atoms with van der Waals surface area (Å²) in [6.07, 6.45) is 8.86. The first-order valence-corrected chi connectivity index (χ1v) is 19.7. The highest BCUT2D eigenvalue weighted by atomic mass is 79.9. The molecule has 0 aliphatic heterocycles.